The van der Waals surface area contributed by atoms with E-state index >= 15 is 0 Å². The van der Waals surface area contributed by atoms with Crippen molar-refractivity contribution in [3.63, 3.8) is 0 Å². The third-order valence-electron chi connectivity index (χ3n) is 3.83. The van der Waals surface area contributed by atoms with E-state index in [4.69, 9.17) is 0 Å². The molecule has 0 radical (unpaired) electrons. The van der Waals surface area contributed by atoms with E-state index < -0.39 is 5.60 Å². The highest BCUT2D eigenvalue weighted by Crippen LogP contribution is 2.32. The van der Waals surface area contributed by atoms with Gasteiger partial charge in [-0.15, -0.1) is 0 Å². The molecule has 1 fully saturated rings. The van der Waals surface area contributed by atoms with Crippen LogP contribution in [-0.4, -0.2) is 29.6 Å². The van der Waals surface area contributed by atoms with Crippen LogP contribution >= 0.6 is 0 Å². The maximum Gasteiger partial charge on any atom is 0.123 e. The number of aliphatic hydroxyl groups is 1. The number of nitrogens with zero attached hydrogens (tertiary/aromatic N) is 1. The molecular formula is C15H22FNO. The van der Waals surface area contributed by atoms with Gasteiger partial charge in [0, 0.05) is 6.54 Å². The standard InChI is InChI=1S/C15H22FNO/c1-2-10-17-11-3-8-15(18,9-12-17)13-4-6-14(16)7-5-13/h4-7,18H,2-3,8-12H2,1H3. The van der Waals surface area contributed by atoms with Gasteiger partial charge >= 0.3 is 0 Å². The Morgan fingerprint density at radius 2 is 1.94 bits per heavy atom. The Labute approximate surface area is 108 Å². The molecule has 100 valence electrons. The first-order chi connectivity index (χ1) is 8.64. The first-order valence-electron chi connectivity index (χ1n) is 6.85. The Kier molecular flexibility index (Phi) is 4.36. The Morgan fingerprint density at radius 1 is 1.22 bits per heavy atom. The van der Waals surface area contributed by atoms with Crippen molar-refractivity contribution in [1.29, 1.82) is 0 Å². The van der Waals surface area contributed by atoms with E-state index in [9.17, 15) is 9.50 Å². The number of rotatable bonds is 3. The summed E-state index contributed by atoms with van der Waals surface area (Å²) in [6.07, 6.45) is 3.64. The van der Waals surface area contributed by atoms with Crippen molar-refractivity contribution in [2.75, 3.05) is 19.6 Å². The van der Waals surface area contributed by atoms with Crippen LogP contribution in [0.15, 0.2) is 24.3 Å². The summed E-state index contributed by atoms with van der Waals surface area (Å²) < 4.78 is 12.9. The van der Waals surface area contributed by atoms with Crippen molar-refractivity contribution in [3.05, 3.63) is 35.6 Å². The predicted molar refractivity (Wildman–Crippen MR) is 70.9 cm³/mol. The van der Waals surface area contributed by atoms with Gasteiger partial charge < -0.3 is 10.0 Å². The molecule has 0 amide bonds. The predicted octanol–water partition coefficient (Wildman–Crippen LogP) is 2.91. The summed E-state index contributed by atoms with van der Waals surface area (Å²) in [6, 6.07) is 6.29. The molecule has 1 aliphatic heterocycles. The zero-order chi connectivity index (χ0) is 13.0. The molecule has 3 heteroatoms. The van der Waals surface area contributed by atoms with E-state index in [-0.39, 0.29) is 5.82 Å². The first-order valence-corrected chi connectivity index (χ1v) is 6.85. The smallest absolute Gasteiger partial charge is 0.123 e. The van der Waals surface area contributed by atoms with E-state index in [1.165, 1.54) is 12.1 Å². The first kappa shape index (κ1) is 13.5. The molecule has 2 rings (SSSR count). The van der Waals surface area contributed by atoms with Crippen LogP contribution in [0.2, 0.25) is 0 Å². The Bertz CT molecular complexity index is 379. The zero-order valence-electron chi connectivity index (χ0n) is 11.0. The summed E-state index contributed by atoms with van der Waals surface area (Å²) in [5, 5.41) is 10.8. The van der Waals surface area contributed by atoms with E-state index in [1.54, 1.807) is 12.1 Å². The molecule has 1 aromatic carbocycles. The highest BCUT2D eigenvalue weighted by atomic mass is 19.1. The topological polar surface area (TPSA) is 23.5 Å². The second kappa shape index (κ2) is 5.81. The zero-order valence-corrected chi connectivity index (χ0v) is 11.0. The normalized spacial score (nSPS) is 25.9. The van der Waals surface area contributed by atoms with Gasteiger partial charge in [0.15, 0.2) is 0 Å². The number of hydrogen-bond acceptors (Lipinski definition) is 2. The van der Waals surface area contributed by atoms with E-state index in [2.05, 4.69) is 11.8 Å². The maximum absolute atomic E-state index is 12.9. The second-order valence-electron chi connectivity index (χ2n) is 5.23. The molecule has 0 aromatic heterocycles. The Balaban J connectivity index is 2.09. The second-order valence-corrected chi connectivity index (χ2v) is 5.23. The number of halogens is 1. The minimum atomic E-state index is -0.782. The summed E-state index contributed by atoms with van der Waals surface area (Å²) in [4.78, 5) is 2.40. The molecular weight excluding hydrogens is 229 g/mol. The van der Waals surface area contributed by atoms with Crippen LogP contribution in [-0.2, 0) is 5.60 Å². The third kappa shape index (κ3) is 3.09. The summed E-state index contributed by atoms with van der Waals surface area (Å²) in [5.41, 5.74) is 0.0677. The summed E-state index contributed by atoms with van der Waals surface area (Å²) >= 11 is 0. The monoisotopic (exact) mass is 251 g/mol. The average molecular weight is 251 g/mol. The SMILES string of the molecule is CCCN1CCCC(O)(c2ccc(F)cc2)CC1. The Morgan fingerprint density at radius 3 is 2.61 bits per heavy atom. The molecule has 1 aliphatic rings. The molecule has 1 N–H and O–H groups in total. The van der Waals surface area contributed by atoms with Crippen LogP contribution in [0.25, 0.3) is 0 Å². The van der Waals surface area contributed by atoms with Crippen LogP contribution in [0.4, 0.5) is 4.39 Å². The van der Waals surface area contributed by atoms with Crippen LogP contribution < -0.4 is 0 Å². The van der Waals surface area contributed by atoms with Gasteiger partial charge in [-0.05, 0) is 56.5 Å². The van der Waals surface area contributed by atoms with E-state index in [0.29, 0.717) is 0 Å². The van der Waals surface area contributed by atoms with Gasteiger partial charge in [-0.25, -0.2) is 4.39 Å². The number of likely N-dealkylation sites (tertiary alicyclic amines) is 1. The highest BCUT2D eigenvalue weighted by Gasteiger charge is 2.31. The lowest BCUT2D eigenvalue weighted by atomic mass is 9.87. The minimum absolute atomic E-state index is 0.247. The fraction of sp³-hybridized carbons (Fsp3) is 0.600. The molecule has 0 aliphatic carbocycles. The molecule has 0 saturated carbocycles. The van der Waals surface area contributed by atoms with Crippen LogP contribution in [0.1, 0.15) is 38.2 Å². The Hall–Kier alpha value is -0.930. The summed E-state index contributed by atoms with van der Waals surface area (Å²) in [7, 11) is 0. The molecule has 1 aromatic rings. The van der Waals surface area contributed by atoms with E-state index in [1.807, 2.05) is 0 Å². The fourth-order valence-corrected chi connectivity index (χ4v) is 2.76. The van der Waals surface area contributed by atoms with Crippen LogP contribution in [0, 0.1) is 5.82 Å². The number of benzene rings is 1. The molecule has 0 bridgehead atoms. The van der Waals surface area contributed by atoms with Crippen molar-refractivity contribution < 1.29 is 9.50 Å². The van der Waals surface area contributed by atoms with Crippen molar-refractivity contribution in [2.45, 2.75) is 38.2 Å². The molecule has 2 nitrogen and oxygen atoms in total. The lowest BCUT2D eigenvalue weighted by Crippen LogP contribution is -2.29. The van der Waals surface area contributed by atoms with Gasteiger partial charge in [-0.1, -0.05) is 19.1 Å². The van der Waals surface area contributed by atoms with Gasteiger partial charge in [0.2, 0.25) is 0 Å². The van der Waals surface area contributed by atoms with Crippen molar-refractivity contribution >= 4 is 0 Å². The number of hydrogen-bond donors (Lipinski definition) is 1. The van der Waals surface area contributed by atoms with Gasteiger partial charge in [-0.3, -0.25) is 0 Å². The largest absolute Gasteiger partial charge is 0.385 e. The van der Waals surface area contributed by atoms with Gasteiger partial charge in [0.1, 0.15) is 5.82 Å². The van der Waals surface area contributed by atoms with Crippen LogP contribution in [0.3, 0.4) is 0 Å². The lowest BCUT2D eigenvalue weighted by molar-refractivity contribution is 0.0212. The maximum atomic E-state index is 12.9. The van der Waals surface area contributed by atoms with Gasteiger partial charge in [-0.2, -0.15) is 0 Å². The van der Waals surface area contributed by atoms with Crippen molar-refractivity contribution in [3.8, 4) is 0 Å². The molecule has 0 spiro atoms. The van der Waals surface area contributed by atoms with Gasteiger partial charge in [0.05, 0.1) is 5.60 Å². The molecule has 18 heavy (non-hydrogen) atoms. The summed E-state index contributed by atoms with van der Waals surface area (Å²) in [6.45, 7) is 5.25. The van der Waals surface area contributed by atoms with Crippen molar-refractivity contribution in [1.82, 2.24) is 4.90 Å². The summed E-state index contributed by atoms with van der Waals surface area (Å²) in [5.74, 6) is -0.247. The third-order valence-corrected chi connectivity index (χ3v) is 3.83. The molecule has 1 atom stereocenters. The lowest BCUT2D eigenvalue weighted by Gasteiger charge is -2.27. The van der Waals surface area contributed by atoms with Crippen LogP contribution in [0.5, 0.6) is 0 Å². The molecule has 1 heterocycles. The fourth-order valence-electron chi connectivity index (χ4n) is 2.76. The highest BCUT2D eigenvalue weighted by molar-refractivity contribution is 5.23. The molecule has 1 saturated heterocycles. The van der Waals surface area contributed by atoms with E-state index in [0.717, 1.165) is 50.9 Å². The molecule has 1 unspecified atom stereocenters. The quantitative estimate of drug-likeness (QED) is 0.893. The van der Waals surface area contributed by atoms with Crippen molar-refractivity contribution in [2.24, 2.45) is 0 Å². The average Bonchev–Trinajstić information content (AvgIpc) is 2.54. The van der Waals surface area contributed by atoms with Gasteiger partial charge in [0.25, 0.3) is 0 Å². The minimum Gasteiger partial charge on any atom is -0.385 e.